The third-order valence-electron chi connectivity index (χ3n) is 6.85. The molecule has 7 rings (SSSR count). The van der Waals surface area contributed by atoms with Crippen LogP contribution in [0, 0.1) is 0 Å². The Morgan fingerprint density at radius 2 is 1.26 bits per heavy atom. The summed E-state index contributed by atoms with van der Waals surface area (Å²) in [4.78, 5) is 33.3. The van der Waals surface area contributed by atoms with Crippen molar-refractivity contribution in [2.75, 3.05) is 4.90 Å². The Hall–Kier alpha value is -4.57. The number of rotatable bonds is 4. The van der Waals surface area contributed by atoms with Crippen molar-refractivity contribution in [2.24, 2.45) is 0 Å². The number of benzene rings is 4. The maximum atomic E-state index is 13.3. The van der Waals surface area contributed by atoms with Gasteiger partial charge < -0.3 is 0 Å². The third kappa shape index (κ3) is 3.81. The van der Waals surface area contributed by atoms with E-state index in [1.165, 1.54) is 5.39 Å². The standard InChI is InChI=1S/C33H20N2O2Se/c36-32-27-18-23-9-3-4-10-24(23)19-28(27)33(37)29(32)20-26-14-15-31(38-26)35(30-11-5-6-16-34-30)25-13-12-21-7-1-2-8-22(21)17-25/h1-20H. The zero-order chi connectivity index (χ0) is 25.6. The summed E-state index contributed by atoms with van der Waals surface area (Å²) in [5, 5.41) is 4.25. The summed E-state index contributed by atoms with van der Waals surface area (Å²) in [5.74, 6) is 0.430. The van der Waals surface area contributed by atoms with E-state index in [1.54, 1.807) is 12.3 Å². The molecule has 5 heteroatoms. The van der Waals surface area contributed by atoms with Crippen molar-refractivity contribution >= 4 is 69.8 Å². The molecule has 0 atom stereocenters. The molecule has 4 aromatic carbocycles. The molecule has 0 spiro atoms. The Morgan fingerprint density at radius 3 is 1.92 bits per heavy atom. The summed E-state index contributed by atoms with van der Waals surface area (Å²) in [5.41, 5.74) is 2.24. The minimum absolute atomic E-state index is 0.129. The number of pyridine rings is 1. The van der Waals surface area contributed by atoms with Crippen LogP contribution >= 0.6 is 0 Å². The number of carbonyl (C=O) groups is 2. The molecule has 0 saturated carbocycles. The SMILES string of the molecule is O=C1C(=Cc2ccc(N(c3ccc4ccccc4c3)c3ccccn3)[se]2)C(=O)c2cc3ccccc3cc21. The summed E-state index contributed by atoms with van der Waals surface area (Å²) >= 11 is -0.129. The Kier molecular flexibility index (Phi) is 5.40. The average molecular weight is 555 g/mol. The van der Waals surface area contributed by atoms with Gasteiger partial charge in [-0.25, -0.2) is 0 Å². The number of aromatic nitrogens is 1. The first kappa shape index (κ1) is 22.6. The van der Waals surface area contributed by atoms with Crippen LogP contribution in [0.3, 0.4) is 0 Å². The van der Waals surface area contributed by atoms with Crippen LogP contribution < -0.4 is 4.90 Å². The van der Waals surface area contributed by atoms with Crippen LogP contribution in [0.5, 0.6) is 0 Å². The van der Waals surface area contributed by atoms with Crippen molar-refractivity contribution in [3.63, 3.8) is 0 Å². The Bertz CT molecular complexity index is 1860. The topological polar surface area (TPSA) is 50.3 Å². The molecule has 0 radical (unpaired) electrons. The fourth-order valence-corrected chi connectivity index (χ4v) is 7.05. The number of nitrogens with zero attached hydrogens (tertiary/aromatic N) is 2. The monoisotopic (exact) mass is 556 g/mol. The molecule has 4 nitrogen and oxygen atoms in total. The quantitative estimate of drug-likeness (QED) is 0.129. The van der Waals surface area contributed by atoms with Crippen molar-refractivity contribution in [1.29, 1.82) is 0 Å². The summed E-state index contributed by atoms with van der Waals surface area (Å²) in [6, 6.07) is 36.1. The predicted molar refractivity (Wildman–Crippen MR) is 154 cm³/mol. The Balaban J connectivity index is 1.29. The number of fused-ring (bicyclic) bond motifs is 3. The molecule has 0 unspecified atom stereocenters. The van der Waals surface area contributed by atoms with Gasteiger partial charge in [-0.15, -0.1) is 0 Å². The van der Waals surface area contributed by atoms with Crippen molar-refractivity contribution in [1.82, 2.24) is 4.98 Å². The van der Waals surface area contributed by atoms with E-state index in [1.807, 2.05) is 72.8 Å². The molecular formula is C33H20N2O2Se. The fourth-order valence-electron chi connectivity index (χ4n) is 5.00. The molecule has 0 bridgehead atoms. The molecule has 38 heavy (non-hydrogen) atoms. The third-order valence-corrected chi connectivity index (χ3v) is 8.99. The minimum atomic E-state index is -0.197. The molecule has 1 aliphatic rings. The second-order valence-corrected chi connectivity index (χ2v) is 11.5. The molecule has 0 N–H and O–H groups in total. The van der Waals surface area contributed by atoms with E-state index in [4.69, 9.17) is 0 Å². The summed E-state index contributed by atoms with van der Waals surface area (Å²) in [6.45, 7) is 0. The van der Waals surface area contributed by atoms with Crippen LogP contribution in [-0.2, 0) is 0 Å². The summed E-state index contributed by atoms with van der Waals surface area (Å²) < 4.78 is 2.06. The second-order valence-electron chi connectivity index (χ2n) is 9.19. The summed E-state index contributed by atoms with van der Waals surface area (Å²) in [7, 11) is 0. The van der Waals surface area contributed by atoms with E-state index in [-0.39, 0.29) is 31.6 Å². The molecule has 1 aliphatic carbocycles. The molecule has 2 heterocycles. The van der Waals surface area contributed by atoms with Gasteiger partial charge in [0, 0.05) is 0 Å². The van der Waals surface area contributed by atoms with Gasteiger partial charge in [-0.2, -0.15) is 0 Å². The molecular weight excluding hydrogens is 535 g/mol. The van der Waals surface area contributed by atoms with Gasteiger partial charge in [0.25, 0.3) is 0 Å². The van der Waals surface area contributed by atoms with Crippen molar-refractivity contribution in [3.05, 3.63) is 137 Å². The van der Waals surface area contributed by atoms with Crippen LogP contribution in [0.4, 0.5) is 16.1 Å². The van der Waals surface area contributed by atoms with E-state index in [0.717, 1.165) is 36.7 Å². The van der Waals surface area contributed by atoms with E-state index in [0.29, 0.717) is 11.1 Å². The number of carbonyl (C=O) groups excluding carboxylic acids is 2. The molecule has 0 amide bonds. The number of allylic oxidation sites excluding steroid dienone is 1. The molecule has 2 aromatic heterocycles. The Labute approximate surface area is 225 Å². The van der Waals surface area contributed by atoms with Gasteiger partial charge in [-0.1, -0.05) is 0 Å². The second kappa shape index (κ2) is 9.07. The summed E-state index contributed by atoms with van der Waals surface area (Å²) in [6.07, 6.45) is 3.58. The Morgan fingerprint density at radius 1 is 0.632 bits per heavy atom. The molecule has 6 aromatic rings. The number of Topliss-reactive ketones (excluding diaryl/α,β-unsaturated/α-hetero) is 2. The maximum absolute atomic E-state index is 13.3. The van der Waals surface area contributed by atoms with Crippen molar-refractivity contribution in [2.45, 2.75) is 0 Å². The zero-order valence-electron chi connectivity index (χ0n) is 20.2. The van der Waals surface area contributed by atoms with Crippen LogP contribution in [0.25, 0.3) is 27.6 Å². The van der Waals surface area contributed by atoms with Crippen LogP contribution in [0.1, 0.15) is 25.2 Å². The first-order valence-corrected chi connectivity index (χ1v) is 14.0. The van der Waals surface area contributed by atoms with Gasteiger partial charge in [0.05, 0.1) is 0 Å². The zero-order valence-corrected chi connectivity index (χ0v) is 21.9. The number of ketones is 2. The molecule has 0 saturated heterocycles. The van der Waals surface area contributed by atoms with Gasteiger partial charge >= 0.3 is 226 Å². The van der Waals surface area contributed by atoms with Crippen molar-refractivity contribution < 1.29 is 9.59 Å². The van der Waals surface area contributed by atoms with Gasteiger partial charge in [-0.05, 0) is 0 Å². The molecule has 180 valence electrons. The van der Waals surface area contributed by atoms with Gasteiger partial charge in [0.2, 0.25) is 0 Å². The van der Waals surface area contributed by atoms with Crippen LogP contribution in [-0.4, -0.2) is 31.1 Å². The number of anilines is 3. The van der Waals surface area contributed by atoms with Gasteiger partial charge in [0.1, 0.15) is 0 Å². The normalized spacial score (nSPS) is 12.8. The van der Waals surface area contributed by atoms with Gasteiger partial charge in [-0.3, -0.25) is 0 Å². The van der Waals surface area contributed by atoms with Gasteiger partial charge in [0.15, 0.2) is 0 Å². The van der Waals surface area contributed by atoms with Crippen molar-refractivity contribution in [3.8, 4) is 0 Å². The first-order valence-electron chi connectivity index (χ1n) is 12.3. The van der Waals surface area contributed by atoms with E-state index in [9.17, 15) is 9.59 Å². The average Bonchev–Trinajstić information content (AvgIpc) is 3.51. The van der Waals surface area contributed by atoms with Crippen LogP contribution in [0.15, 0.2) is 121 Å². The van der Waals surface area contributed by atoms with Crippen LogP contribution in [0.2, 0.25) is 0 Å². The van der Waals surface area contributed by atoms with E-state index >= 15 is 0 Å². The van der Waals surface area contributed by atoms with E-state index in [2.05, 4.69) is 46.3 Å². The molecule has 0 fully saturated rings. The fraction of sp³-hybridized carbons (Fsp3) is 0. The number of hydrogen-bond donors (Lipinski definition) is 0. The number of hydrogen-bond acceptors (Lipinski definition) is 4. The predicted octanol–water partition coefficient (Wildman–Crippen LogP) is 7.38. The molecule has 0 aliphatic heterocycles. The van der Waals surface area contributed by atoms with E-state index < -0.39 is 0 Å². The first-order chi connectivity index (χ1) is 18.7.